The molecule has 0 saturated carbocycles. The Balaban J connectivity index is 1.50. The number of carbonyl (C=O) groups is 2. The van der Waals surface area contributed by atoms with Gasteiger partial charge in [-0.25, -0.2) is 4.98 Å². The molecule has 0 aliphatic carbocycles. The highest BCUT2D eigenvalue weighted by atomic mass is 32.2. The van der Waals surface area contributed by atoms with E-state index in [9.17, 15) is 9.59 Å². The van der Waals surface area contributed by atoms with Gasteiger partial charge in [-0.15, -0.1) is 11.8 Å². The van der Waals surface area contributed by atoms with Crippen molar-refractivity contribution in [3.63, 3.8) is 0 Å². The maximum Gasteiger partial charge on any atom is 0.251 e. The van der Waals surface area contributed by atoms with Crippen LogP contribution in [-0.4, -0.2) is 28.2 Å². The number of likely N-dealkylation sites (tertiary alicyclic amines) is 1. The zero-order chi connectivity index (χ0) is 21.5. The van der Waals surface area contributed by atoms with Crippen LogP contribution in [0.4, 0.5) is 5.69 Å². The van der Waals surface area contributed by atoms with Crippen LogP contribution in [0, 0.1) is 0 Å². The van der Waals surface area contributed by atoms with Crippen molar-refractivity contribution in [1.82, 2.24) is 9.88 Å². The standard InChI is InChI=1S/C25H25N3O2S/c29-23-14-5-7-16-28(23)24(20-10-2-1-3-11-20)25(30)27-21-12-8-9-19(17-21)18-31-22-13-4-6-15-26-22/h1-4,6,8-13,15,17,24H,5,7,14,16,18H2,(H,27,30). The van der Waals surface area contributed by atoms with Crippen molar-refractivity contribution in [2.45, 2.75) is 36.1 Å². The van der Waals surface area contributed by atoms with Crippen LogP contribution in [0.3, 0.4) is 0 Å². The molecule has 1 saturated heterocycles. The number of amides is 2. The van der Waals surface area contributed by atoms with Crippen molar-refractivity contribution < 1.29 is 9.59 Å². The van der Waals surface area contributed by atoms with Gasteiger partial charge in [-0.1, -0.05) is 48.5 Å². The van der Waals surface area contributed by atoms with Gasteiger partial charge in [0.05, 0.1) is 5.03 Å². The van der Waals surface area contributed by atoms with E-state index in [0.29, 0.717) is 13.0 Å². The highest BCUT2D eigenvalue weighted by Gasteiger charge is 2.32. The minimum Gasteiger partial charge on any atom is -0.327 e. The molecule has 2 aromatic carbocycles. The first-order chi connectivity index (χ1) is 15.2. The summed E-state index contributed by atoms with van der Waals surface area (Å²) in [6, 6.07) is 22.6. The number of aromatic nitrogens is 1. The van der Waals surface area contributed by atoms with E-state index >= 15 is 0 Å². The lowest BCUT2D eigenvalue weighted by atomic mass is 10.0. The molecule has 5 nitrogen and oxygen atoms in total. The SMILES string of the molecule is O=C(Nc1cccc(CSc2ccccn2)c1)C(c1ccccc1)N1CCCCC1=O. The molecule has 2 heterocycles. The zero-order valence-corrected chi connectivity index (χ0v) is 18.1. The van der Waals surface area contributed by atoms with Crippen molar-refractivity contribution in [3.05, 3.63) is 90.1 Å². The van der Waals surface area contributed by atoms with Crippen LogP contribution in [-0.2, 0) is 15.3 Å². The first-order valence-electron chi connectivity index (χ1n) is 10.5. The zero-order valence-electron chi connectivity index (χ0n) is 17.2. The number of hydrogen-bond acceptors (Lipinski definition) is 4. The molecule has 3 aromatic rings. The van der Waals surface area contributed by atoms with Gasteiger partial charge in [0.2, 0.25) is 5.91 Å². The van der Waals surface area contributed by atoms with Crippen LogP contribution in [0.2, 0.25) is 0 Å². The fraction of sp³-hybridized carbons (Fsp3) is 0.240. The van der Waals surface area contributed by atoms with Crippen LogP contribution in [0.1, 0.15) is 36.4 Å². The molecule has 158 valence electrons. The Morgan fingerprint density at radius 1 is 1.03 bits per heavy atom. The van der Waals surface area contributed by atoms with E-state index in [4.69, 9.17) is 0 Å². The number of carbonyl (C=O) groups excluding carboxylic acids is 2. The molecule has 1 fully saturated rings. The van der Waals surface area contributed by atoms with Gasteiger partial charge in [0.15, 0.2) is 0 Å². The Morgan fingerprint density at radius 2 is 1.87 bits per heavy atom. The Hall–Kier alpha value is -3.12. The van der Waals surface area contributed by atoms with E-state index < -0.39 is 6.04 Å². The van der Waals surface area contributed by atoms with Crippen molar-refractivity contribution in [2.75, 3.05) is 11.9 Å². The molecule has 0 bridgehead atoms. The number of benzene rings is 2. The molecule has 1 unspecified atom stereocenters. The van der Waals surface area contributed by atoms with Crippen molar-refractivity contribution in [1.29, 1.82) is 0 Å². The van der Waals surface area contributed by atoms with Gasteiger partial charge < -0.3 is 10.2 Å². The maximum absolute atomic E-state index is 13.3. The Labute approximate surface area is 186 Å². The van der Waals surface area contributed by atoms with E-state index in [1.54, 1.807) is 22.9 Å². The summed E-state index contributed by atoms with van der Waals surface area (Å²) in [4.78, 5) is 32.0. The van der Waals surface area contributed by atoms with Gasteiger partial charge >= 0.3 is 0 Å². The first kappa shape index (κ1) is 21.1. The molecule has 0 spiro atoms. The summed E-state index contributed by atoms with van der Waals surface area (Å²) in [6.07, 6.45) is 4.08. The summed E-state index contributed by atoms with van der Waals surface area (Å²) < 4.78 is 0. The Bertz CT molecular complexity index is 1030. The summed E-state index contributed by atoms with van der Waals surface area (Å²) in [5.74, 6) is 0.611. The van der Waals surface area contributed by atoms with E-state index in [2.05, 4.69) is 10.3 Å². The molecular weight excluding hydrogens is 406 g/mol. The number of hydrogen-bond donors (Lipinski definition) is 1. The van der Waals surface area contributed by atoms with Gasteiger partial charge in [0.1, 0.15) is 6.04 Å². The summed E-state index contributed by atoms with van der Waals surface area (Å²) in [5.41, 5.74) is 2.66. The molecule has 1 N–H and O–H groups in total. The molecule has 1 atom stereocenters. The average molecular weight is 432 g/mol. The quantitative estimate of drug-likeness (QED) is 0.531. The van der Waals surface area contributed by atoms with E-state index in [0.717, 1.165) is 40.4 Å². The predicted octanol–water partition coefficient (Wildman–Crippen LogP) is 5.07. The number of piperidine rings is 1. The normalized spacial score (nSPS) is 14.8. The van der Waals surface area contributed by atoms with Gasteiger partial charge in [-0.05, 0) is 48.2 Å². The Kier molecular flexibility index (Phi) is 6.99. The fourth-order valence-electron chi connectivity index (χ4n) is 3.75. The second kappa shape index (κ2) is 10.3. The summed E-state index contributed by atoms with van der Waals surface area (Å²) >= 11 is 1.65. The van der Waals surface area contributed by atoms with Gasteiger partial charge in [-0.2, -0.15) is 0 Å². The van der Waals surface area contributed by atoms with Crippen molar-refractivity contribution >= 4 is 29.3 Å². The monoisotopic (exact) mass is 431 g/mol. The number of pyridine rings is 1. The smallest absolute Gasteiger partial charge is 0.251 e. The third kappa shape index (κ3) is 5.52. The van der Waals surface area contributed by atoms with Crippen LogP contribution in [0.25, 0.3) is 0 Å². The van der Waals surface area contributed by atoms with E-state index in [-0.39, 0.29) is 11.8 Å². The Morgan fingerprint density at radius 3 is 2.65 bits per heavy atom. The third-order valence-electron chi connectivity index (χ3n) is 5.25. The largest absolute Gasteiger partial charge is 0.327 e. The molecule has 0 radical (unpaired) electrons. The molecular formula is C25H25N3O2S. The second-order valence-corrected chi connectivity index (χ2v) is 8.50. The molecule has 1 aliphatic heterocycles. The molecule has 6 heteroatoms. The summed E-state index contributed by atoms with van der Waals surface area (Å²) in [7, 11) is 0. The lowest BCUT2D eigenvalue weighted by molar-refractivity contribution is -0.141. The molecule has 1 aromatic heterocycles. The number of rotatable bonds is 7. The predicted molar refractivity (Wildman–Crippen MR) is 124 cm³/mol. The number of nitrogens with one attached hydrogen (secondary N) is 1. The highest BCUT2D eigenvalue weighted by Crippen LogP contribution is 2.28. The minimum atomic E-state index is -0.624. The van der Waals surface area contributed by atoms with Crippen LogP contribution < -0.4 is 5.32 Å². The molecule has 2 amide bonds. The fourth-order valence-corrected chi connectivity index (χ4v) is 4.55. The lowest BCUT2D eigenvalue weighted by Gasteiger charge is -2.34. The summed E-state index contributed by atoms with van der Waals surface area (Å²) in [5, 5.41) is 4.00. The van der Waals surface area contributed by atoms with Crippen molar-refractivity contribution in [3.8, 4) is 0 Å². The van der Waals surface area contributed by atoms with Crippen LogP contribution in [0.15, 0.2) is 84.0 Å². The van der Waals surface area contributed by atoms with E-state index in [1.165, 1.54) is 0 Å². The summed E-state index contributed by atoms with van der Waals surface area (Å²) in [6.45, 7) is 0.604. The van der Waals surface area contributed by atoms with Gasteiger partial charge in [0.25, 0.3) is 5.91 Å². The number of thioether (sulfide) groups is 1. The van der Waals surface area contributed by atoms with Gasteiger partial charge in [0, 0.05) is 30.6 Å². The second-order valence-electron chi connectivity index (χ2n) is 7.50. The highest BCUT2D eigenvalue weighted by molar-refractivity contribution is 7.98. The number of anilines is 1. The lowest BCUT2D eigenvalue weighted by Crippen LogP contribution is -2.43. The van der Waals surface area contributed by atoms with Crippen LogP contribution in [0.5, 0.6) is 0 Å². The maximum atomic E-state index is 13.3. The van der Waals surface area contributed by atoms with Crippen LogP contribution >= 0.6 is 11.8 Å². The third-order valence-corrected chi connectivity index (χ3v) is 6.27. The minimum absolute atomic E-state index is 0.0377. The number of nitrogens with zero attached hydrogens (tertiary/aromatic N) is 2. The molecule has 1 aliphatic rings. The first-order valence-corrected chi connectivity index (χ1v) is 11.5. The van der Waals surface area contributed by atoms with Gasteiger partial charge in [-0.3, -0.25) is 9.59 Å². The molecule has 31 heavy (non-hydrogen) atoms. The average Bonchev–Trinajstić information content (AvgIpc) is 2.81. The van der Waals surface area contributed by atoms with E-state index in [1.807, 2.05) is 72.8 Å². The molecule has 4 rings (SSSR count). The van der Waals surface area contributed by atoms with Crippen molar-refractivity contribution in [2.24, 2.45) is 0 Å². The topological polar surface area (TPSA) is 62.3 Å².